The molecule has 2 aromatic rings. The van der Waals surface area contributed by atoms with Crippen LogP contribution in [0.25, 0.3) is 0 Å². The van der Waals surface area contributed by atoms with Gasteiger partial charge in [-0.1, -0.05) is 48.5 Å². The summed E-state index contributed by atoms with van der Waals surface area (Å²) in [5.41, 5.74) is 1.70. The Morgan fingerprint density at radius 3 is 2.20 bits per heavy atom. The number of amides is 1. The summed E-state index contributed by atoms with van der Waals surface area (Å²) in [4.78, 5) is 12.0. The number of para-hydroxylation sites is 1. The number of benzene rings is 2. The van der Waals surface area contributed by atoms with E-state index in [0.717, 1.165) is 11.3 Å². The fourth-order valence-corrected chi connectivity index (χ4v) is 2.82. The lowest BCUT2D eigenvalue weighted by Gasteiger charge is -2.12. The molecule has 0 saturated carbocycles. The molecule has 0 fully saturated rings. The Morgan fingerprint density at radius 1 is 1.05 bits per heavy atom. The van der Waals surface area contributed by atoms with E-state index in [1.54, 1.807) is 6.92 Å². The number of rotatable bonds is 5. The molecule has 0 radical (unpaired) electrons. The molecule has 1 amide bonds. The molecule has 0 aliphatic rings. The topological polar surface area (TPSA) is 46.2 Å². The zero-order chi connectivity index (χ0) is 14.4. The van der Waals surface area contributed by atoms with Gasteiger partial charge in [0, 0.05) is 22.2 Å². The van der Waals surface area contributed by atoms with Crippen LogP contribution in [0, 0.1) is 0 Å². The molecule has 0 bridgehead atoms. The van der Waals surface area contributed by atoms with E-state index >= 15 is 0 Å². The van der Waals surface area contributed by atoms with Gasteiger partial charge in [-0.3, -0.25) is 9.00 Å². The van der Waals surface area contributed by atoms with Crippen LogP contribution in [-0.2, 0) is 21.3 Å². The van der Waals surface area contributed by atoms with Gasteiger partial charge < -0.3 is 5.32 Å². The lowest BCUT2D eigenvalue weighted by Crippen LogP contribution is -2.29. The summed E-state index contributed by atoms with van der Waals surface area (Å²) >= 11 is 0. The Balaban J connectivity index is 1.95. The number of carbonyl (C=O) groups excluding carboxylic acids is 1. The van der Waals surface area contributed by atoms with Gasteiger partial charge in [0.25, 0.3) is 0 Å². The number of carbonyl (C=O) groups is 1. The second-order valence-corrected chi connectivity index (χ2v) is 6.27. The first-order chi connectivity index (χ1) is 9.66. The lowest BCUT2D eigenvalue weighted by molar-refractivity contribution is -0.115. The van der Waals surface area contributed by atoms with Crippen molar-refractivity contribution in [1.29, 1.82) is 0 Å². The van der Waals surface area contributed by atoms with E-state index < -0.39 is 16.0 Å². The number of nitrogens with one attached hydrogen (secondary N) is 1. The maximum Gasteiger partial charge on any atom is 0.239 e. The number of hydrogen-bond acceptors (Lipinski definition) is 2. The van der Waals surface area contributed by atoms with Gasteiger partial charge in [-0.2, -0.15) is 0 Å². The van der Waals surface area contributed by atoms with Gasteiger partial charge in [-0.25, -0.2) is 0 Å². The van der Waals surface area contributed by atoms with E-state index in [-0.39, 0.29) is 5.91 Å². The van der Waals surface area contributed by atoms with E-state index in [1.807, 2.05) is 60.7 Å². The van der Waals surface area contributed by atoms with Crippen LogP contribution in [0.15, 0.2) is 60.7 Å². The number of hydrogen-bond donors (Lipinski definition) is 1. The smallest absolute Gasteiger partial charge is 0.239 e. The summed E-state index contributed by atoms with van der Waals surface area (Å²) in [5, 5.41) is 2.23. The maximum absolute atomic E-state index is 12.2. The highest BCUT2D eigenvalue weighted by molar-refractivity contribution is 7.85. The third kappa shape index (κ3) is 4.03. The monoisotopic (exact) mass is 287 g/mol. The van der Waals surface area contributed by atoms with Crippen molar-refractivity contribution in [3.05, 3.63) is 66.2 Å². The molecule has 104 valence electrons. The SMILES string of the molecule is C[C@H](C(=O)Nc1ccccc1)[S@](=O)Cc1ccccc1. The molecule has 0 unspecified atom stereocenters. The van der Waals surface area contributed by atoms with Crippen LogP contribution >= 0.6 is 0 Å². The zero-order valence-corrected chi connectivity index (χ0v) is 12.1. The summed E-state index contributed by atoms with van der Waals surface area (Å²) in [5.74, 6) is 0.176. The second kappa shape index (κ2) is 7.01. The van der Waals surface area contributed by atoms with E-state index in [1.165, 1.54) is 0 Å². The Labute approximate surface area is 121 Å². The van der Waals surface area contributed by atoms with Crippen molar-refractivity contribution < 1.29 is 9.00 Å². The van der Waals surface area contributed by atoms with Gasteiger partial charge in [0.15, 0.2) is 0 Å². The minimum absolute atomic E-state index is 0.217. The zero-order valence-electron chi connectivity index (χ0n) is 11.3. The van der Waals surface area contributed by atoms with E-state index in [2.05, 4.69) is 5.32 Å². The third-order valence-corrected chi connectivity index (χ3v) is 4.58. The Hall–Kier alpha value is -1.94. The van der Waals surface area contributed by atoms with Gasteiger partial charge in [0.1, 0.15) is 5.25 Å². The van der Waals surface area contributed by atoms with Gasteiger partial charge in [0.2, 0.25) is 5.91 Å². The predicted molar refractivity (Wildman–Crippen MR) is 82.8 cm³/mol. The molecule has 0 aliphatic heterocycles. The first kappa shape index (κ1) is 14.5. The van der Waals surface area contributed by atoms with Crippen LogP contribution < -0.4 is 5.32 Å². The van der Waals surface area contributed by atoms with Crippen molar-refractivity contribution in [2.24, 2.45) is 0 Å². The summed E-state index contributed by atoms with van der Waals surface area (Å²) in [7, 11) is -1.23. The van der Waals surface area contributed by atoms with Crippen molar-refractivity contribution in [1.82, 2.24) is 0 Å². The summed E-state index contributed by atoms with van der Waals surface area (Å²) in [6.07, 6.45) is 0. The number of anilines is 1. The molecular weight excluding hydrogens is 270 g/mol. The molecule has 2 aromatic carbocycles. The van der Waals surface area contributed by atoms with Crippen molar-refractivity contribution in [3.63, 3.8) is 0 Å². The van der Waals surface area contributed by atoms with Crippen LogP contribution in [0.5, 0.6) is 0 Å². The molecule has 20 heavy (non-hydrogen) atoms. The van der Waals surface area contributed by atoms with E-state index in [4.69, 9.17) is 0 Å². The highest BCUT2D eigenvalue weighted by atomic mass is 32.2. The third-order valence-electron chi connectivity index (χ3n) is 2.96. The quantitative estimate of drug-likeness (QED) is 0.919. The molecule has 1 N–H and O–H groups in total. The fraction of sp³-hybridized carbons (Fsp3) is 0.188. The van der Waals surface area contributed by atoms with Crippen molar-refractivity contribution in [3.8, 4) is 0 Å². The van der Waals surface area contributed by atoms with Crippen LogP contribution in [-0.4, -0.2) is 15.4 Å². The summed E-state index contributed by atoms with van der Waals surface area (Å²) < 4.78 is 12.2. The molecule has 0 heterocycles. The van der Waals surface area contributed by atoms with Gasteiger partial charge in [-0.15, -0.1) is 0 Å². The average Bonchev–Trinajstić information content (AvgIpc) is 2.48. The highest BCUT2D eigenvalue weighted by Gasteiger charge is 2.20. The lowest BCUT2D eigenvalue weighted by atomic mass is 10.2. The molecule has 4 heteroatoms. The molecule has 0 aromatic heterocycles. The second-order valence-electron chi connectivity index (χ2n) is 4.51. The average molecular weight is 287 g/mol. The largest absolute Gasteiger partial charge is 0.325 e. The molecule has 3 nitrogen and oxygen atoms in total. The molecule has 0 spiro atoms. The Kier molecular flexibility index (Phi) is 5.07. The highest BCUT2D eigenvalue weighted by Crippen LogP contribution is 2.10. The van der Waals surface area contributed by atoms with Crippen molar-refractivity contribution >= 4 is 22.4 Å². The van der Waals surface area contributed by atoms with Crippen LogP contribution in [0.4, 0.5) is 5.69 Å². The van der Waals surface area contributed by atoms with Gasteiger partial charge in [0.05, 0.1) is 0 Å². The Bertz CT molecular complexity index is 530. The molecular formula is C16H17NO2S. The van der Waals surface area contributed by atoms with Gasteiger partial charge >= 0.3 is 0 Å². The van der Waals surface area contributed by atoms with E-state index in [0.29, 0.717) is 5.75 Å². The maximum atomic E-state index is 12.2. The predicted octanol–water partition coefficient (Wildman–Crippen LogP) is 2.96. The minimum atomic E-state index is -1.23. The molecule has 2 atom stereocenters. The van der Waals surface area contributed by atoms with Gasteiger partial charge in [-0.05, 0) is 24.6 Å². The molecule has 0 saturated heterocycles. The van der Waals surface area contributed by atoms with Crippen molar-refractivity contribution in [2.45, 2.75) is 17.9 Å². The molecule has 0 aliphatic carbocycles. The summed E-state index contributed by atoms with van der Waals surface area (Å²) in [6.45, 7) is 1.69. The first-order valence-electron chi connectivity index (χ1n) is 6.44. The summed E-state index contributed by atoms with van der Waals surface area (Å²) in [6, 6.07) is 18.8. The van der Waals surface area contributed by atoms with Crippen LogP contribution in [0.1, 0.15) is 12.5 Å². The first-order valence-corrected chi connectivity index (χ1v) is 7.82. The van der Waals surface area contributed by atoms with E-state index in [9.17, 15) is 9.00 Å². The molecule has 2 rings (SSSR count). The minimum Gasteiger partial charge on any atom is -0.325 e. The van der Waals surface area contributed by atoms with Crippen LogP contribution in [0.3, 0.4) is 0 Å². The Morgan fingerprint density at radius 2 is 1.60 bits per heavy atom. The normalized spacial score (nSPS) is 13.4. The fourth-order valence-electron chi connectivity index (χ4n) is 1.75. The van der Waals surface area contributed by atoms with Crippen LogP contribution in [0.2, 0.25) is 0 Å². The van der Waals surface area contributed by atoms with Crippen molar-refractivity contribution in [2.75, 3.05) is 5.32 Å². The standard InChI is InChI=1S/C16H17NO2S/c1-13(16(18)17-15-10-6-3-7-11-15)20(19)12-14-8-4-2-5-9-14/h2-11,13H,12H2,1H3,(H,17,18)/t13-,20-/m1/s1.